The standard InChI is InChI=1S/C27H34N2O3S2/c1-16-5-6-20(33-16)10-21-25(32)29(24(34-21)11-22(30)26(2,3)4)15-23(31)28-27-12-17-7-18(13-27)9-19(8-17)14-27/h5-6,10-11,17-19H,7-9,12-15H2,1-4H3,(H,28,31). The van der Waals surface area contributed by atoms with Crippen LogP contribution < -0.4 is 20.1 Å². The highest BCUT2D eigenvalue weighted by Gasteiger charge is 2.51. The predicted molar refractivity (Wildman–Crippen MR) is 138 cm³/mol. The van der Waals surface area contributed by atoms with Gasteiger partial charge in [-0.3, -0.25) is 19.0 Å². The fourth-order valence-electron chi connectivity index (χ4n) is 6.52. The number of carbonyl (C=O) groups excluding carboxylic acids is 2. The molecule has 7 heteroatoms. The number of hydrogen-bond donors (Lipinski definition) is 1. The summed E-state index contributed by atoms with van der Waals surface area (Å²) in [5.41, 5.74) is -0.856. The number of thiophene rings is 1. The Labute approximate surface area is 208 Å². The van der Waals surface area contributed by atoms with E-state index >= 15 is 0 Å². The minimum Gasteiger partial charge on any atom is -0.349 e. The van der Waals surface area contributed by atoms with Gasteiger partial charge in [0.1, 0.15) is 11.2 Å². The lowest BCUT2D eigenvalue weighted by Crippen LogP contribution is -2.60. The number of carbonyl (C=O) groups is 2. The van der Waals surface area contributed by atoms with Gasteiger partial charge in [0.2, 0.25) is 5.91 Å². The fraction of sp³-hybridized carbons (Fsp3) is 0.593. The SMILES string of the molecule is Cc1ccc(C=c2sc(=CC(=O)C(C)(C)C)n(CC(=O)NC34CC5CC(CC(C5)C3)C4)c2=O)s1. The number of nitrogens with one attached hydrogen (secondary N) is 1. The zero-order valence-corrected chi connectivity index (χ0v) is 22.1. The van der Waals surface area contributed by atoms with Crippen LogP contribution >= 0.6 is 22.7 Å². The largest absolute Gasteiger partial charge is 0.349 e. The van der Waals surface area contributed by atoms with Gasteiger partial charge in [-0.2, -0.15) is 0 Å². The summed E-state index contributed by atoms with van der Waals surface area (Å²) in [6.07, 6.45) is 10.6. The lowest BCUT2D eigenvalue weighted by molar-refractivity contribution is -0.127. The van der Waals surface area contributed by atoms with Gasteiger partial charge < -0.3 is 5.32 Å². The first kappa shape index (κ1) is 23.7. The molecule has 6 rings (SSSR count). The number of ketones is 1. The third-order valence-electron chi connectivity index (χ3n) is 7.71. The molecule has 0 spiro atoms. The Bertz CT molecular complexity index is 1270. The molecule has 0 atom stereocenters. The van der Waals surface area contributed by atoms with E-state index in [4.69, 9.17) is 0 Å². The van der Waals surface area contributed by atoms with Gasteiger partial charge in [0, 0.05) is 26.8 Å². The minimum absolute atomic E-state index is 0.0440. The van der Waals surface area contributed by atoms with Crippen LogP contribution in [0.15, 0.2) is 16.9 Å². The number of aromatic nitrogens is 1. The van der Waals surface area contributed by atoms with E-state index in [9.17, 15) is 14.4 Å². The molecule has 2 aromatic heterocycles. The van der Waals surface area contributed by atoms with Crippen molar-refractivity contribution in [2.75, 3.05) is 0 Å². The molecule has 0 unspecified atom stereocenters. The Morgan fingerprint density at radius 2 is 1.71 bits per heavy atom. The molecule has 4 aliphatic carbocycles. The third-order valence-corrected chi connectivity index (χ3v) is 9.72. The Hall–Kier alpha value is -1.99. The van der Waals surface area contributed by atoms with Crippen molar-refractivity contribution in [1.82, 2.24) is 9.88 Å². The summed E-state index contributed by atoms with van der Waals surface area (Å²) >= 11 is 2.91. The zero-order chi connectivity index (χ0) is 24.3. The van der Waals surface area contributed by atoms with E-state index in [-0.39, 0.29) is 29.3 Å². The summed E-state index contributed by atoms with van der Waals surface area (Å²) in [4.78, 5) is 41.6. The van der Waals surface area contributed by atoms with Gasteiger partial charge in [-0.15, -0.1) is 22.7 Å². The van der Waals surface area contributed by atoms with Crippen LogP contribution in [0.4, 0.5) is 0 Å². The van der Waals surface area contributed by atoms with Gasteiger partial charge >= 0.3 is 0 Å². The average Bonchev–Trinajstić information content (AvgIpc) is 3.24. The van der Waals surface area contributed by atoms with Gasteiger partial charge in [-0.05, 0) is 81.4 Å². The van der Waals surface area contributed by atoms with Crippen molar-refractivity contribution in [2.24, 2.45) is 23.2 Å². The molecule has 0 radical (unpaired) electrons. The lowest BCUT2D eigenvalue weighted by Gasteiger charge is -2.56. The molecule has 2 heterocycles. The van der Waals surface area contributed by atoms with Crippen LogP contribution in [-0.4, -0.2) is 21.8 Å². The third kappa shape index (κ3) is 4.74. The highest BCUT2D eigenvalue weighted by Crippen LogP contribution is 2.55. The van der Waals surface area contributed by atoms with Gasteiger partial charge in [-0.25, -0.2) is 0 Å². The van der Waals surface area contributed by atoms with E-state index < -0.39 is 5.41 Å². The molecule has 2 aromatic rings. The number of rotatable bonds is 5. The van der Waals surface area contributed by atoms with E-state index in [0.29, 0.717) is 9.20 Å². The number of aryl methyl sites for hydroxylation is 1. The molecule has 4 bridgehead atoms. The van der Waals surface area contributed by atoms with Crippen LogP contribution in [-0.2, 0) is 16.1 Å². The normalized spacial score (nSPS) is 29.1. The first-order chi connectivity index (χ1) is 16.0. The van der Waals surface area contributed by atoms with E-state index in [1.54, 1.807) is 17.4 Å². The lowest BCUT2D eigenvalue weighted by atomic mass is 9.53. The summed E-state index contributed by atoms with van der Waals surface area (Å²) in [5.74, 6) is 2.04. The number of nitrogens with zero attached hydrogens (tertiary/aromatic N) is 1. The first-order valence-electron chi connectivity index (χ1n) is 12.3. The molecule has 1 N–H and O–H groups in total. The Morgan fingerprint density at radius 3 is 2.24 bits per heavy atom. The maximum Gasteiger partial charge on any atom is 0.269 e. The number of amides is 1. The molecule has 34 heavy (non-hydrogen) atoms. The maximum absolute atomic E-state index is 13.4. The molecular formula is C27H34N2O3S2. The van der Waals surface area contributed by atoms with Gasteiger partial charge in [-0.1, -0.05) is 20.8 Å². The van der Waals surface area contributed by atoms with Crippen molar-refractivity contribution in [2.45, 2.75) is 78.3 Å². The van der Waals surface area contributed by atoms with Crippen LogP contribution in [0, 0.1) is 30.1 Å². The molecule has 1 amide bonds. The predicted octanol–water partition coefficient (Wildman–Crippen LogP) is 3.59. The van der Waals surface area contributed by atoms with E-state index in [1.165, 1.54) is 40.0 Å². The van der Waals surface area contributed by atoms with Crippen molar-refractivity contribution in [3.05, 3.63) is 41.4 Å². The molecule has 4 fully saturated rings. The Kier molecular flexibility index (Phi) is 6.00. The second-order valence-electron chi connectivity index (χ2n) is 11.8. The van der Waals surface area contributed by atoms with Gasteiger partial charge in [0.05, 0.1) is 4.53 Å². The number of hydrogen-bond acceptors (Lipinski definition) is 5. The summed E-state index contributed by atoms with van der Waals surface area (Å²) < 4.78 is 2.60. The van der Waals surface area contributed by atoms with Crippen LogP contribution in [0.25, 0.3) is 12.2 Å². The summed E-state index contributed by atoms with van der Waals surface area (Å²) in [6, 6.07) is 4.02. The minimum atomic E-state index is -0.554. The first-order valence-corrected chi connectivity index (χ1v) is 14.0. The van der Waals surface area contributed by atoms with Crippen LogP contribution in [0.5, 0.6) is 0 Å². The second kappa shape index (κ2) is 8.59. The molecule has 182 valence electrons. The van der Waals surface area contributed by atoms with Crippen LogP contribution in [0.2, 0.25) is 0 Å². The molecular weight excluding hydrogens is 464 g/mol. The highest BCUT2D eigenvalue weighted by atomic mass is 32.1. The van der Waals surface area contributed by atoms with Crippen LogP contribution in [0.1, 0.15) is 69.1 Å². The zero-order valence-electron chi connectivity index (χ0n) is 20.5. The average molecular weight is 499 g/mol. The molecule has 0 aliphatic heterocycles. The summed E-state index contributed by atoms with van der Waals surface area (Å²) in [7, 11) is 0. The van der Waals surface area contributed by atoms with Crippen molar-refractivity contribution >= 4 is 46.5 Å². The number of thiazole rings is 1. The Morgan fingerprint density at radius 1 is 1.09 bits per heavy atom. The Balaban J connectivity index is 1.47. The highest BCUT2D eigenvalue weighted by molar-refractivity contribution is 7.13. The van der Waals surface area contributed by atoms with Gasteiger partial charge in [0.25, 0.3) is 5.56 Å². The van der Waals surface area contributed by atoms with Crippen molar-refractivity contribution < 1.29 is 9.59 Å². The van der Waals surface area contributed by atoms with Crippen LogP contribution in [0.3, 0.4) is 0 Å². The van der Waals surface area contributed by atoms with E-state index in [1.807, 2.05) is 45.9 Å². The molecule has 0 saturated heterocycles. The monoisotopic (exact) mass is 498 g/mol. The second-order valence-corrected chi connectivity index (χ2v) is 14.2. The molecule has 0 aromatic carbocycles. The van der Waals surface area contributed by atoms with Crippen molar-refractivity contribution in [3.63, 3.8) is 0 Å². The fourth-order valence-corrected chi connectivity index (χ4v) is 8.45. The topological polar surface area (TPSA) is 68.2 Å². The van der Waals surface area contributed by atoms with E-state index in [2.05, 4.69) is 5.32 Å². The smallest absolute Gasteiger partial charge is 0.269 e. The number of Topliss-reactive ketones (excluding diaryl/α,β-unsaturated/α-hetero) is 1. The molecule has 4 saturated carbocycles. The maximum atomic E-state index is 13.4. The van der Waals surface area contributed by atoms with Crippen molar-refractivity contribution in [1.29, 1.82) is 0 Å². The molecule has 4 aliphatic rings. The van der Waals surface area contributed by atoms with Gasteiger partial charge in [0.15, 0.2) is 5.78 Å². The molecule has 5 nitrogen and oxygen atoms in total. The summed E-state index contributed by atoms with van der Waals surface area (Å²) in [6.45, 7) is 7.58. The quantitative estimate of drug-likeness (QED) is 0.685. The van der Waals surface area contributed by atoms with Crippen molar-refractivity contribution in [3.8, 4) is 0 Å². The van der Waals surface area contributed by atoms with E-state index in [0.717, 1.165) is 41.9 Å². The summed E-state index contributed by atoms with van der Waals surface area (Å²) in [5, 5.41) is 3.37.